The first kappa shape index (κ1) is 12.6. The lowest BCUT2D eigenvalue weighted by molar-refractivity contribution is 0.0605. The van der Waals surface area contributed by atoms with Crippen LogP contribution in [0.2, 0.25) is 0 Å². The SMILES string of the molecule is COC(=O)c1sc(N(C)Cc2ncc[nH]2)nc1C. The number of carbonyl (C=O) groups excluding carboxylic acids is 1. The second-order valence-electron chi connectivity index (χ2n) is 3.79. The maximum Gasteiger partial charge on any atom is 0.350 e. The predicted octanol–water partition coefficient (Wildman–Crippen LogP) is 1.60. The molecule has 2 aromatic heterocycles. The van der Waals surface area contributed by atoms with E-state index in [9.17, 15) is 4.79 Å². The molecule has 0 bridgehead atoms. The van der Waals surface area contributed by atoms with Crippen molar-refractivity contribution in [3.05, 3.63) is 28.8 Å². The Kier molecular flexibility index (Phi) is 3.61. The number of H-pyrrole nitrogens is 1. The van der Waals surface area contributed by atoms with Crippen molar-refractivity contribution in [3.8, 4) is 0 Å². The molecular formula is C11H14N4O2S. The maximum atomic E-state index is 11.5. The molecule has 0 aromatic carbocycles. The van der Waals surface area contributed by atoms with Crippen LogP contribution in [0.4, 0.5) is 5.13 Å². The summed E-state index contributed by atoms with van der Waals surface area (Å²) in [7, 11) is 3.27. The minimum atomic E-state index is -0.345. The van der Waals surface area contributed by atoms with Gasteiger partial charge >= 0.3 is 5.97 Å². The summed E-state index contributed by atoms with van der Waals surface area (Å²) in [4.78, 5) is 25.5. The summed E-state index contributed by atoms with van der Waals surface area (Å²) in [6, 6.07) is 0. The van der Waals surface area contributed by atoms with E-state index in [0.717, 1.165) is 11.0 Å². The zero-order chi connectivity index (χ0) is 13.1. The van der Waals surface area contributed by atoms with Crippen molar-refractivity contribution in [2.45, 2.75) is 13.5 Å². The zero-order valence-corrected chi connectivity index (χ0v) is 11.2. The summed E-state index contributed by atoms with van der Waals surface area (Å²) in [5, 5.41) is 0.768. The zero-order valence-electron chi connectivity index (χ0n) is 10.4. The van der Waals surface area contributed by atoms with E-state index in [4.69, 9.17) is 4.74 Å². The van der Waals surface area contributed by atoms with Gasteiger partial charge in [-0.25, -0.2) is 14.8 Å². The van der Waals surface area contributed by atoms with Crippen LogP contribution in [-0.2, 0) is 11.3 Å². The number of hydrogen-bond donors (Lipinski definition) is 1. The van der Waals surface area contributed by atoms with Crippen LogP contribution in [0.5, 0.6) is 0 Å². The minimum Gasteiger partial charge on any atom is -0.465 e. The van der Waals surface area contributed by atoms with Gasteiger partial charge < -0.3 is 14.6 Å². The first-order valence-corrected chi connectivity index (χ1v) is 6.18. The molecule has 96 valence electrons. The molecule has 0 unspecified atom stereocenters. The van der Waals surface area contributed by atoms with Crippen LogP contribution in [0, 0.1) is 6.92 Å². The van der Waals surface area contributed by atoms with Crippen LogP contribution in [0.1, 0.15) is 21.2 Å². The molecule has 0 aliphatic heterocycles. The molecule has 2 rings (SSSR count). The Bertz CT molecular complexity index is 535. The summed E-state index contributed by atoms with van der Waals surface area (Å²) in [5.74, 6) is 0.507. The van der Waals surface area contributed by atoms with Crippen LogP contribution >= 0.6 is 11.3 Å². The van der Waals surface area contributed by atoms with E-state index in [1.807, 2.05) is 11.9 Å². The molecule has 0 saturated heterocycles. The number of hydrogen-bond acceptors (Lipinski definition) is 6. The van der Waals surface area contributed by atoms with Crippen molar-refractivity contribution in [2.75, 3.05) is 19.1 Å². The molecule has 0 saturated carbocycles. The fourth-order valence-corrected chi connectivity index (χ4v) is 2.45. The highest BCUT2D eigenvalue weighted by molar-refractivity contribution is 7.17. The van der Waals surface area contributed by atoms with Gasteiger partial charge in [0, 0.05) is 19.4 Å². The fraction of sp³-hybridized carbons (Fsp3) is 0.364. The van der Waals surface area contributed by atoms with E-state index in [2.05, 4.69) is 15.0 Å². The van der Waals surface area contributed by atoms with Gasteiger partial charge in [-0.3, -0.25) is 0 Å². The van der Waals surface area contributed by atoms with E-state index >= 15 is 0 Å². The Labute approximate surface area is 109 Å². The van der Waals surface area contributed by atoms with Gasteiger partial charge in [0.2, 0.25) is 0 Å². The number of aromatic amines is 1. The predicted molar refractivity (Wildman–Crippen MR) is 68.9 cm³/mol. The largest absolute Gasteiger partial charge is 0.465 e. The normalized spacial score (nSPS) is 10.4. The van der Waals surface area contributed by atoms with E-state index in [-0.39, 0.29) is 5.97 Å². The van der Waals surface area contributed by atoms with Crippen LogP contribution in [0.25, 0.3) is 0 Å². The number of imidazole rings is 1. The van der Waals surface area contributed by atoms with Gasteiger partial charge in [0.25, 0.3) is 0 Å². The number of anilines is 1. The van der Waals surface area contributed by atoms with E-state index in [1.165, 1.54) is 18.4 Å². The number of aromatic nitrogens is 3. The fourth-order valence-electron chi connectivity index (χ4n) is 1.50. The summed E-state index contributed by atoms with van der Waals surface area (Å²) in [6.45, 7) is 2.41. The van der Waals surface area contributed by atoms with Crippen LogP contribution < -0.4 is 4.90 Å². The minimum absolute atomic E-state index is 0.345. The standard InChI is InChI=1S/C11H14N4O2S/c1-7-9(10(16)17-3)18-11(14-7)15(2)6-8-12-4-5-13-8/h4-5H,6H2,1-3H3,(H,12,13). The van der Waals surface area contributed by atoms with Gasteiger partial charge in [-0.1, -0.05) is 11.3 Å². The third-order valence-electron chi connectivity index (χ3n) is 2.42. The van der Waals surface area contributed by atoms with Crippen LogP contribution in [-0.4, -0.2) is 35.1 Å². The molecule has 0 amide bonds. The molecule has 2 heterocycles. The number of ether oxygens (including phenoxy) is 1. The van der Waals surface area contributed by atoms with Crippen molar-refractivity contribution in [3.63, 3.8) is 0 Å². The molecule has 0 radical (unpaired) electrons. The second kappa shape index (κ2) is 5.18. The third kappa shape index (κ3) is 2.51. The van der Waals surface area contributed by atoms with Gasteiger partial charge in [0.15, 0.2) is 5.13 Å². The van der Waals surface area contributed by atoms with Gasteiger partial charge in [0.1, 0.15) is 10.7 Å². The molecule has 2 aromatic rings. The number of nitrogens with one attached hydrogen (secondary N) is 1. The number of thiazole rings is 1. The van der Waals surface area contributed by atoms with E-state index in [0.29, 0.717) is 17.1 Å². The lowest BCUT2D eigenvalue weighted by atomic mass is 10.4. The van der Waals surface area contributed by atoms with Crippen molar-refractivity contribution in [2.24, 2.45) is 0 Å². The lowest BCUT2D eigenvalue weighted by Gasteiger charge is -2.13. The second-order valence-corrected chi connectivity index (χ2v) is 4.77. The summed E-state index contributed by atoms with van der Waals surface area (Å²) in [5.41, 5.74) is 0.688. The van der Waals surface area contributed by atoms with Crippen molar-refractivity contribution >= 4 is 22.4 Å². The molecule has 1 N–H and O–H groups in total. The monoisotopic (exact) mass is 266 g/mol. The molecular weight excluding hydrogens is 252 g/mol. The molecule has 0 atom stereocenters. The maximum absolute atomic E-state index is 11.5. The highest BCUT2D eigenvalue weighted by Crippen LogP contribution is 2.26. The summed E-state index contributed by atoms with van der Waals surface area (Å²) >= 11 is 1.32. The Morgan fingerprint density at radius 1 is 1.61 bits per heavy atom. The molecule has 0 aliphatic carbocycles. The molecule has 18 heavy (non-hydrogen) atoms. The Hall–Kier alpha value is -1.89. The lowest BCUT2D eigenvalue weighted by Crippen LogP contribution is -2.16. The molecule has 0 fully saturated rings. The molecule has 0 spiro atoms. The van der Waals surface area contributed by atoms with Crippen molar-refractivity contribution in [1.82, 2.24) is 15.0 Å². The topological polar surface area (TPSA) is 71.1 Å². The van der Waals surface area contributed by atoms with Gasteiger partial charge in [-0.15, -0.1) is 0 Å². The van der Waals surface area contributed by atoms with E-state index < -0.39 is 0 Å². The van der Waals surface area contributed by atoms with Crippen molar-refractivity contribution < 1.29 is 9.53 Å². The van der Waals surface area contributed by atoms with E-state index in [1.54, 1.807) is 19.3 Å². The Morgan fingerprint density at radius 3 is 3.00 bits per heavy atom. The van der Waals surface area contributed by atoms with Gasteiger partial charge in [-0.2, -0.15) is 0 Å². The first-order chi connectivity index (χ1) is 8.61. The average Bonchev–Trinajstić information content (AvgIpc) is 2.97. The summed E-state index contributed by atoms with van der Waals surface area (Å²) in [6.07, 6.45) is 3.48. The average molecular weight is 266 g/mol. The van der Waals surface area contributed by atoms with Crippen LogP contribution in [0.3, 0.4) is 0 Å². The highest BCUT2D eigenvalue weighted by atomic mass is 32.1. The quantitative estimate of drug-likeness (QED) is 0.851. The van der Waals surface area contributed by atoms with Crippen LogP contribution in [0.15, 0.2) is 12.4 Å². The number of methoxy groups -OCH3 is 1. The van der Waals surface area contributed by atoms with Crippen molar-refractivity contribution in [1.29, 1.82) is 0 Å². The summed E-state index contributed by atoms with van der Waals surface area (Å²) < 4.78 is 4.71. The number of rotatable bonds is 4. The highest BCUT2D eigenvalue weighted by Gasteiger charge is 2.17. The molecule has 6 nitrogen and oxygen atoms in total. The Morgan fingerprint density at radius 2 is 2.39 bits per heavy atom. The first-order valence-electron chi connectivity index (χ1n) is 5.37. The number of carbonyl (C=O) groups is 1. The number of esters is 1. The third-order valence-corrected chi connectivity index (χ3v) is 3.68. The molecule has 0 aliphatic rings. The number of nitrogens with zero attached hydrogens (tertiary/aromatic N) is 3. The smallest absolute Gasteiger partial charge is 0.350 e. The van der Waals surface area contributed by atoms with Gasteiger partial charge in [-0.05, 0) is 6.92 Å². The molecule has 7 heteroatoms. The van der Waals surface area contributed by atoms with Gasteiger partial charge in [0.05, 0.1) is 19.3 Å². The Balaban J connectivity index is 2.16. The number of aryl methyl sites for hydroxylation is 1.